The number of carbonyl (C=O) groups is 1. The lowest BCUT2D eigenvalue weighted by molar-refractivity contribution is -0.136. The highest BCUT2D eigenvalue weighted by molar-refractivity contribution is 5.83. The molecule has 24 heavy (non-hydrogen) atoms. The zero-order valence-corrected chi connectivity index (χ0v) is 15.2. The highest BCUT2D eigenvalue weighted by atomic mass is 16.2. The number of hydrogen-bond acceptors (Lipinski definition) is 2. The SMILES string of the molecule is CCN(CC)C(C(=O)N(C)Cc1ccccc1C)c1ccccc1. The van der Waals surface area contributed by atoms with E-state index in [1.165, 1.54) is 11.1 Å². The molecule has 0 N–H and O–H groups in total. The molecule has 3 heteroatoms. The molecule has 0 radical (unpaired) electrons. The van der Waals surface area contributed by atoms with Crippen molar-refractivity contribution in [1.29, 1.82) is 0 Å². The Kier molecular flexibility index (Phi) is 6.56. The van der Waals surface area contributed by atoms with Crippen molar-refractivity contribution in [2.45, 2.75) is 33.4 Å². The van der Waals surface area contributed by atoms with E-state index < -0.39 is 0 Å². The molecule has 0 heterocycles. The van der Waals surface area contributed by atoms with Crippen molar-refractivity contribution >= 4 is 5.91 Å². The van der Waals surface area contributed by atoms with E-state index in [-0.39, 0.29) is 11.9 Å². The fourth-order valence-electron chi connectivity index (χ4n) is 3.06. The Labute approximate surface area is 145 Å². The van der Waals surface area contributed by atoms with E-state index in [1.807, 2.05) is 54.4 Å². The summed E-state index contributed by atoms with van der Waals surface area (Å²) in [5.74, 6) is 0.146. The first kappa shape index (κ1) is 18.2. The van der Waals surface area contributed by atoms with E-state index in [4.69, 9.17) is 0 Å². The highest BCUT2D eigenvalue weighted by Gasteiger charge is 2.28. The number of amides is 1. The molecule has 0 spiro atoms. The summed E-state index contributed by atoms with van der Waals surface area (Å²) >= 11 is 0. The van der Waals surface area contributed by atoms with Crippen LogP contribution in [0.15, 0.2) is 54.6 Å². The Morgan fingerprint density at radius 3 is 2.12 bits per heavy atom. The lowest BCUT2D eigenvalue weighted by Crippen LogP contribution is -2.41. The molecule has 0 saturated carbocycles. The van der Waals surface area contributed by atoms with Gasteiger partial charge in [-0.1, -0.05) is 68.4 Å². The van der Waals surface area contributed by atoms with Crippen LogP contribution in [0.25, 0.3) is 0 Å². The van der Waals surface area contributed by atoms with E-state index in [9.17, 15) is 4.79 Å². The van der Waals surface area contributed by atoms with Crippen molar-refractivity contribution in [3.63, 3.8) is 0 Å². The second-order valence-corrected chi connectivity index (χ2v) is 6.16. The van der Waals surface area contributed by atoms with Gasteiger partial charge < -0.3 is 4.90 Å². The van der Waals surface area contributed by atoms with Gasteiger partial charge in [0.25, 0.3) is 0 Å². The molecule has 0 aliphatic carbocycles. The maximum atomic E-state index is 13.2. The number of hydrogen-bond donors (Lipinski definition) is 0. The van der Waals surface area contributed by atoms with Gasteiger partial charge in [0.05, 0.1) is 0 Å². The van der Waals surface area contributed by atoms with Crippen molar-refractivity contribution < 1.29 is 4.79 Å². The summed E-state index contributed by atoms with van der Waals surface area (Å²) in [4.78, 5) is 17.3. The zero-order chi connectivity index (χ0) is 17.5. The van der Waals surface area contributed by atoms with Crippen molar-refractivity contribution in [3.8, 4) is 0 Å². The number of rotatable bonds is 7. The average Bonchev–Trinajstić information content (AvgIpc) is 2.61. The maximum absolute atomic E-state index is 13.2. The predicted molar refractivity (Wildman–Crippen MR) is 99.8 cm³/mol. The van der Waals surface area contributed by atoms with Gasteiger partial charge >= 0.3 is 0 Å². The highest BCUT2D eigenvalue weighted by Crippen LogP contribution is 2.23. The average molecular weight is 324 g/mol. The topological polar surface area (TPSA) is 23.6 Å². The minimum Gasteiger partial charge on any atom is -0.340 e. The van der Waals surface area contributed by atoms with Gasteiger partial charge in [-0.3, -0.25) is 9.69 Å². The second-order valence-electron chi connectivity index (χ2n) is 6.16. The summed E-state index contributed by atoms with van der Waals surface area (Å²) in [6, 6.07) is 18.1. The lowest BCUT2D eigenvalue weighted by Gasteiger charge is -2.32. The van der Waals surface area contributed by atoms with Crippen molar-refractivity contribution in [1.82, 2.24) is 9.80 Å². The van der Waals surface area contributed by atoms with E-state index in [0.717, 1.165) is 18.7 Å². The molecule has 1 unspecified atom stereocenters. The first-order valence-corrected chi connectivity index (χ1v) is 8.66. The molecule has 0 bridgehead atoms. The van der Waals surface area contributed by atoms with Gasteiger partial charge in [-0.25, -0.2) is 0 Å². The van der Waals surface area contributed by atoms with Gasteiger partial charge in [0.15, 0.2) is 0 Å². The van der Waals surface area contributed by atoms with E-state index in [0.29, 0.717) is 6.54 Å². The Hall–Kier alpha value is -2.13. The van der Waals surface area contributed by atoms with Crippen molar-refractivity contribution in [3.05, 3.63) is 71.3 Å². The summed E-state index contributed by atoms with van der Waals surface area (Å²) in [7, 11) is 1.90. The van der Waals surface area contributed by atoms with Gasteiger partial charge in [0, 0.05) is 13.6 Å². The normalized spacial score (nSPS) is 12.2. The monoisotopic (exact) mass is 324 g/mol. The largest absolute Gasteiger partial charge is 0.340 e. The molecule has 0 fully saturated rings. The molecular weight excluding hydrogens is 296 g/mol. The van der Waals surface area contributed by atoms with Gasteiger partial charge in [-0.2, -0.15) is 0 Å². The van der Waals surface area contributed by atoms with Crippen LogP contribution < -0.4 is 0 Å². The third-order valence-corrected chi connectivity index (χ3v) is 4.57. The van der Waals surface area contributed by atoms with Crippen LogP contribution in [0.5, 0.6) is 0 Å². The van der Waals surface area contributed by atoms with Gasteiger partial charge in [-0.05, 0) is 36.7 Å². The van der Waals surface area contributed by atoms with E-state index in [1.54, 1.807) is 0 Å². The third-order valence-electron chi connectivity index (χ3n) is 4.57. The van der Waals surface area contributed by atoms with Gasteiger partial charge in [0.2, 0.25) is 5.91 Å². The Balaban J connectivity index is 2.25. The van der Waals surface area contributed by atoms with E-state index >= 15 is 0 Å². The Morgan fingerprint density at radius 1 is 0.958 bits per heavy atom. The van der Waals surface area contributed by atoms with Crippen LogP contribution in [0.2, 0.25) is 0 Å². The van der Waals surface area contributed by atoms with Crippen LogP contribution in [0.4, 0.5) is 0 Å². The van der Waals surface area contributed by atoms with Crippen LogP contribution in [0.1, 0.15) is 36.6 Å². The quantitative estimate of drug-likeness (QED) is 0.767. The fraction of sp³-hybridized carbons (Fsp3) is 0.381. The minimum atomic E-state index is -0.227. The number of nitrogens with zero attached hydrogens (tertiary/aromatic N) is 2. The third kappa shape index (κ3) is 4.24. The molecule has 0 aliphatic rings. The standard InChI is InChI=1S/C21H28N2O/c1-5-23(6-2)20(18-13-8-7-9-14-18)21(24)22(4)16-19-15-11-10-12-17(19)3/h7-15,20H,5-6,16H2,1-4H3. The van der Waals surface area contributed by atoms with Crippen molar-refractivity contribution in [2.24, 2.45) is 0 Å². The Bertz CT molecular complexity index is 650. The molecule has 0 aromatic heterocycles. The summed E-state index contributed by atoms with van der Waals surface area (Å²) in [6.45, 7) is 8.63. The molecule has 2 aromatic carbocycles. The predicted octanol–water partition coefficient (Wildman–Crippen LogP) is 4.04. The van der Waals surface area contributed by atoms with Crippen LogP contribution in [0.3, 0.4) is 0 Å². The number of aryl methyl sites for hydroxylation is 1. The number of carbonyl (C=O) groups excluding carboxylic acids is 1. The molecule has 128 valence electrons. The van der Waals surface area contributed by atoms with Gasteiger partial charge in [0.1, 0.15) is 6.04 Å². The van der Waals surface area contributed by atoms with Crippen molar-refractivity contribution in [2.75, 3.05) is 20.1 Å². The molecule has 0 saturated heterocycles. The summed E-state index contributed by atoms with van der Waals surface area (Å²) < 4.78 is 0. The smallest absolute Gasteiger partial charge is 0.244 e. The zero-order valence-electron chi connectivity index (χ0n) is 15.2. The first-order valence-electron chi connectivity index (χ1n) is 8.66. The summed E-state index contributed by atoms with van der Waals surface area (Å²) in [6.07, 6.45) is 0. The molecule has 3 nitrogen and oxygen atoms in total. The molecule has 2 aromatic rings. The maximum Gasteiger partial charge on any atom is 0.244 e. The molecular formula is C21H28N2O. The van der Waals surface area contributed by atoms with Crippen LogP contribution in [-0.4, -0.2) is 35.8 Å². The van der Waals surface area contributed by atoms with Crippen LogP contribution in [0, 0.1) is 6.92 Å². The molecule has 2 rings (SSSR count). The fourth-order valence-corrected chi connectivity index (χ4v) is 3.06. The van der Waals surface area contributed by atoms with Gasteiger partial charge in [-0.15, -0.1) is 0 Å². The number of likely N-dealkylation sites (N-methyl/N-ethyl adjacent to an activating group) is 2. The minimum absolute atomic E-state index is 0.146. The summed E-state index contributed by atoms with van der Waals surface area (Å²) in [5, 5.41) is 0. The van der Waals surface area contributed by atoms with Crippen LogP contribution >= 0.6 is 0 Å². The molecule has 1 atom stereocenters. The first-order chi connectivity index (χ1) is 11.6. The molecule has 1 amide bonds. The van der Waals surface area contributed by atoms with E-state index in [2.05, 4.69) is 37.8 Å². The second kappa shape index (κ2) is 8.65. The van der Waals surface area contributed by atoms with Crippen LogP contribution in [-0.2, 0) is 11.3 Å². The lowest BCUT2D eigenvalue weighted by atomic mass is 10.0. The summed E-state index contributed by atoms with van der Waals surface area (Å²) in [5.41, 5.74) is 3.47. The Morgan fingerprint density at radius 2 is 1.54 bits per heavy atom. The molecule has 0 aliphatic heterocycles. The number of benzene rings is 2.